The molecule has 3 rings (SSSR count). The van der Waals surface area contributed by atoms with Crippen molar-refractivity contribution in [3.63, 3.8) is 0 Å². The van der Waals surface area contributed by atoms with Gasteiger partial charge in [-0.15, -0.1) is 13.2 Å². The molecule has 6 heteroatoms. The molecule has 1 aliphatic carbocycles. The fourth-order valence-electron chi connectivity index (χ4n) is 4.73. The summed E-state index contributed by atoms with van der Waals surface area (Å²) >= 11 is 0. The van der Waals surface area contributed by atoms with E-state index in [4.69, 9.17) is 0 Å². The van der Waals surface area contributed by atoms with Crippen LogP contribution in [0.1, 0.15) is 70.8 Å². The van der Waals surface area contributed by atoms with Crippen LogP contribution in [0, 0.1) is 29.4 Å². The van der Waals surface area contributed by atoms with E-state index in [1.54, 1.807) is 6.07 Å². The maximum atomic E-state index is 14.7. The molecule has 0 heterocycles. The molecule has 33 heavy (non-hydrogen) atoms. The zero-order valence-corrected chi connectivity index (χ0v) is 19.4. The van der Waals surface area contributed by atoms with Crippen molar-refractivity contribution >= 4 is 0 Å². The molecule has 0 saturated heterocycles. The van der Waals surface area contributed by atoms with Crippen LogP contribution in [0.5, 0.6) is 5.75 Å². The molecule has 0 amide bonds. The highest BCUT2D eigenvalue weighted by atomic mass is 19.4. The topological polar surface area (TPSA) is 9.23 Å². The third-order valence-corrected chi connectivity index (χ3v) is 7.07. The van der Waals surface area contributed by atoms with E-state index < -0.39 is 23.7 Å². The van der Waals surface area contributed by atoms with Crippen molar-refractivity contribution in [2.24, 2.45) is 17.8 Å². The summed E-state index contributed by atoms with van der Waals surface area (Å²) in [6.07, 6.45) is 5.76. The van der Waals surface area contributed by atoms with Crippen LogP contribution in [0.4, 0.5) is 22.0 Å². The highest BCUT2D eigenvalue weighted by molar-refractivity contribution is 5.65. The van der Waals surface area contributed by atoms with E-state index in [9.17, 15) is 22.0 Å². The number of hydrogen-bond donors (Lipinski definition) is 0. The largest absolute Gasteiger partial charge is 0.573 e. The molecule has 2 aromatic rings. The second-order valence-corrected chi connectivity index (χ2v) is 9.52. The molecule has 0 aliphatic heterocycles. The predicted molar refractivity (Wildman–Crippen MR) is 121 cm³/mol. The molecule has 1 saturated carbocycles. The van der Waals surface area contributed by atoms with Crippen molar-refractivity contribution in [2.45, 2.75) is 78.0 Å². The SMILES string of the molecule is CCC(C)CCC1CCC(CCc2ccc(-c3ccc(OC(F)(F)F)c(F)c3)c(F)c2)CC1. The highest BCUT2D eigenvalue weighted by Crippen LogP contribution is 2.35. The maximum Gasteiger partial charge on any atom is 0.573 e. The Labute approximate surface area is 193 Å². The Hall–Kier alpha value is -2.11. The summed E-state index contributed by atoms with van der Waals surface area (Å²) in [6.45, 7) is 4.57. The molecular weight excluding hydrogens is 435 g/mol. The van der Waals surface area contributed by atoms with Gasteiger partial charge < -0.3 is 4.74 Å². The lowest BCUT2D eigenvalue weighted by atomic mass is 9.77. The minimum absolute atomic E-state index is 0.151. The van der Waals surface area contributed by atoms with E-state index in [1.165, 1.54) is 57.1 Å². The second kappa shape index (κ2) is 11.3. The van der Waals surface area contributed by atoms with Gasteiger partial charge in [0.05, 0.1) is 0 Å². The third-order valence-electron chi connectivity index (χ3n) is 7.07. The van der Waals surface area contributed by atoms with E-state index in [2.05, 4.69) is 18.6 Å². The van der Waals surface area contributed by atoms with Gasteiger partial charge in [-0.1, -0.05) is 77.0 Å². The van der Waals surface area contributed by atoms with E-state index >= 15 is 0 Å². The molecule has 1 atom stereocenters. The highest BCUT2D eigenvalue weighted by Gasteiger charge is 2.32. The minimum atomic E-state index is -4.98. The molecule has 1 aliphatic rings. The Morgan fingerprint density at radius 2 is 1.58 bits per heavy atom. The number of halogens is 5. The molecule has 0 aromatic heterocycles. The second-order valence-electron chi connectivity index (χ2n) is 9.52. The normalized spacial score (nSPS) is 20.0. The molecule has 1 nitrogen and oxygen atoms in total. The van der Waals surface area contributed by atoms with Crippen LogP contribution < -0.4 is 4.74 Å². The van der Waals surface area contributed by atoms with E-state index in [0.29, 0.717) is 5.92 Å². The average Bonchev–Trinajstić information content (AvgIpc) is 2.77. The third kappa shape index (κ3) is 7.72. The van der Waals surface area contributed by atoms with E-state index in [1.807, 2.05) is 6.07 Å². The summed E-state index contributed by atoms with van der Waals surface area (Å²) in [7, 11) is 0. The molecule has 1 fully saturated rings. The van der Waals surface area contributed by atoms with Gasteiger partial charge in [0.2, 0.25) is 0 Å². The molecule has 0 spiro atoms. The van der Waals surface area contributed by atoms with Crippen molar-refractivity contribution in [3.05, 3.63) is 53.6 Å². The predicted octanol–water partition coefficient (Wildman–Crippen LogP) is 9.10. The monoisotopic (exact) mass is 468 g/mol. The summed E-state index contributed by atoms with van der Waals surface area (Å²) in [4.78, 5) is 0. The summed E-state index contributed by atoms with van der Waals surface area (Å²) in [6, 6.07) is 7.78. The summed E-state index contributed by atoms with van der Waals surface area (Å²) < 4.78 is 69.2. The smallest absolute Gasteiger partial charge is 0.403 e. The van der Waals surface area contributed by atoms with Gasteiger partial charge in [0.25, 0.3) is 0 Å². The van der Waals surface area contributed by atoms with Gasteiger partial charge in [0.15, 0.2) is 11.6 Å². The minimum Gasteiger partial charge on any atom is -0.403 e. The number of hydrogen-bond acceptors (Lipinski definition) is 1. The molecule has 0 radical (unpaired) electrons. The molecule has 0 N–H and O–H groups in total. The first-order chi connectivity index (χ1) is 15.6. The summed E-state index contributed by atoms with van der Waals surface area (Å²) in [5.41, 5.74) is 1.20. The van der Waals surface area contributed by atoms with Gasteiger partial charge in [-0.05, 0) is 59.9 Å². The number of alkyl halides is 3. The number of benzene rings is 2. The van der Waals surface area contributed by atoms with Gasteiger partial charge >= 0.3 is 6.36 Å². The van der Waals surface area contributed by atoms with Crippen LogP contribution in [0.2, 0.25) is 0 Å². The zero-order valence-electron chi connectivity index (χ0n) is 19.4. The molecule has 1 unspecified atom stereocenters. The van der Waals surface area contributed by atoms with Gasteiger partial charge in [-0.25, -0.2) is 8.78 Å². The lowest BCUT2D eigenvalue weighted by Crippen LogP contribution is -2.17. The van der Waals surface area contributed by atoms with Crippen LogP contribution in [-0.2, 0) is 6.42 Å². The Bertz CT molecular complexity index is 900. The maximum absolute atomic E-state index is 14.7. The molecule has 0 bridgehead atoms. The zero-order chi connectivity index (χ0) is 24.0. The number of rotatable bonds is 9. The van der Waals surface area contributed by atoms with E-state index in [-0.39, 0.29) is 11.1 Å². The van der Waals surface area contributed by atoms with E-state index in [0.717, 1.165) is 42.4 Å². The van der Waals surface area contributed by atoms with Gasteiger partial charge in [-0.3, -0.25) is 0 Å². The molecule has 2 aromatic carbocycles. The number of aryl methyl sites for hydroxylation is 1. The Morgan fingerprint density at radius 3 is 2.15 bits per heavy atom. The lowest BCUT2D eigenvalue weighted by molar-refractivity contribution is -0.275. The first kappa shape index (κ1) is 25.5. The fourth-order valence-corrected chi connectivity index (χ4v) is 4.73. The first-order valence-corrected chi connectivity index (χ1v) is 12.0. The van der Waals surface area contributed by atoms with Crippen molar-refractivity contribution in [2.75, 3.05) is 0 Å². The summed E-state index contributed by atoms with van der Waals surface area (Å²) in [5, 5.41) is 0. The van der Waals surface area contributed by atoms with Crippen molar-refractivity contribution < 1.29 is 26.7 Å². The Morgan fingerprint density at radius 1 is 0.909 bits per heavy atom. The first-order valence-electron chi connectivity index (χ1n) is 12.0. The van der Waals surface area contributed by atoms with Crippen LogP contribution in [0.25, 0.3) is 11.1 Å². The van der Waals surface area contributed by atoms with Crippen LogP contribution >= 0.6 is 0 Å². The standard InChI is InChI=1S/C27H33F5O/c1-3-18(2)4-5-19-6-8-20(9-7-19)10-11-21-12-14-23(24(28)16-21)22-13-15-26(25(29)17-22)33-27(30,31)32/h12-20H,3-11H2,1-2H3. The van der Waals surface area contributed by atoms with Crippen molar-refractivity contribution in [3.8, 4) is 16.9 Å². The van der Waals surface area contributed by atoms with Crippen molar-refractivity contribution in [1.29, 1.82) is 0 Å². The molecule has 182 valence electrons. The molecular formula is C27H33F5O. The Balaban J connectivity index is 1.53. The van der Waals surface area contributed by atoms with Gasteiger partial charge in [0.1, 0.15) is 5.82 Å². The van der Waals surface area contributed by atoms with Crippen LogP contribution in [0.3, 0.4) is 0 Å². The van der Waals surface area contributed by atoms with Crippen LogP contribution in [0.15, 0.2) is 36.4 Å². The summed E-state index contributed by atoms with van der Waals surface area (Å²) in [5.74, 6) is -0.303. The fraction of sp³-hybridized carbons (Fsp3) is 0.556. The lowest BCUT2D eigenvalue weighted by Gasteiger charge is -2.29. The van der Waals surface area contributed by atoms with Crippen LogP contribution in [-0.4, -0.2) is 6.36 Å². The average molecular weight is 469 g/mol. The quantitative estimate of drug-likeness (QED) is 0.334. The van der Waals surface area contributed by atoms with Gasteiger partial charge in [0, 0.05) is 5.56 Å². The van der Waals surface area contributed by atoms with Gasteiger partial charge in [-0.2, -0.15) is 0 Å². The number of ether oxygens (including phenoxy) is 1. The Kier molecular flexibility index (Phi) is 8.77. The van der Waals surface area contributed by atoms with Crippen molar-refractivity contribution in [1.82, 2.24) is 0 Å².